The van der Waals surface area contributed by atoms with Crippen molar-refractivity contribution in [3.05, 3.63) is 0 Å². The largest absolute Gasteiger partial charge is 0.466 e. The Labute approximate surface area is 194 Å². The highest BCUT2D eigenvalue weighted by molar-refractivity contribution is 5.69. The van der Waals surface area contributed by atoms with Crippen LogP contribution in [0.15, 0.2) is 0 Å². The molecule has 0 aliphatic carbocycles. The fourth-order valence-corrected chi connectivity index (χ4v) is 3.65. The van der Waals surface area contributed by atoms with Crippen LogP contribution in [-0.4, -0.2) is 39.0 Å². The van der Waals surface area contributed by atoms with Crippen molar-refractivity contribution >= 4 is 5.97 Å². The summed E-state index contributed by atoms with van der Waals surface area (Å²) in [6, 6.07) is 0. The van der Waals surface area contributed by atoms with Gasteiger partial charge < -0.3 is 14.2 Å². The van der Waals surface area contributed by atoms with E-state index in [0.717, 1.165) is 25.9 Å². The Morgan fingerprint density at radius 3 is 1.35 bits per heavy atom. The topological polar surface area (TPSA) is 44.8 Å². The molecule has 0 atom stereocenters. The second kappa shape index (κ2) is 27.4. The zero-order valence-corrected chi connectivity index (χ0v) is 21.1. The summed E-state index contributed by atoms with van der Waals surface area (Å²) in [4.78, 5) is 11.7. The summed E-state index contributed by atoms with van der Waals surface area (Å²) in [7, 11) is 0. The van der Waals surface area contributed by atoms with Crippen LogP contribution in [-0.2, 0) is 19.0 Å². The van der Waals surface area contributed by atoms with E-state index in [1.54, 1.807) is 0 Å². The van der Waals surface area contributed by atoms with Crippen LogP contribution in [0.3, 0.4) is 0 Å². The highest BCUT2D eigenvalue weighted by atomic mass is 16.5. The van der Waals surface area contributed by atoms with Crippen LogP contribution in [0.4, 0.5) is 0 Å². The molecule has 0 aliphatic heterocycles. The van der Waals surface area contributed by atoms with E-state index in [-0.39, 0.29) is 5.97 Å². The van der Waals surface area contributed by atoms with Gasteiger partial charge in [-0.2, -0.15) is 0 Å². The van der Waals surface area contributed by atoms with Crippen molar-refractivity contribution in [2.45, 2.75) is 136 Å². The van der Waals surface area contributed by atoms with Crippen LogP contribution in [0, 0.1) is 0 Å². The molecule has 0 aromatic rings. The molecule has 0 saturated carbocycles. The van der Waals surface area contributed by atoms with Gasteiger partial charge in [0.1, 0.15) is 0 Å². The Balaban J connectivity index is 3.13. The summed E-state index contributed by atoms with van der Waals surface area (Å²) >= 11 is 0. The van der Waals surface area contributed by atoms with E-state index in [0.29, 0.717) is 32.8 Å². The van der Waals surface area contributed by atoms with Crippen molar-refractivity contribution in [3.63, 3.8) is 0 Å². The SMILES string of the molecule is CCCCCCCCCCCCCCCCOC(=O)CCCOCCOCCCCC. The molecule has 0 unspecified atom stereocenters. The summed E-state index contributed by atoms with van der Waals surface area (Å²) in [6.07, 6.45) is 23.5. The van der Waals surface area contributed by atoms with E-state index in [1.807, 2.05) is 0 Å². The molecule has 0 bridgehead atoms. The van der Waals surface area contributed by atoms with Crippen molar-refractivity contribution in [1.29, 1.82) is 0 Å². The number of ether oxygens (including phenoxy) is 3. The van der Waals surface area contributed by atoms with Gasteiger partial charge in [-0.25, -0.2) is 0 Å². The molecule has 0 aromatic heterocycles. The minimum absolute atomic E-state index is 0.0888. The van der Waals surface area contributed by atoms with Crippen molar-refractivity contribution < 1.29 is 19.0 Å². The number of hydrogen-bond donors (Lipinski definition) is 0. The zero-order chi connectivity index (χ0) is 22.7. The minimum atomic E-state index is -0.0888. The van der Waals surface area contributed by atoms with Gasteiger partial charge in [-0.3, -0.25) is 4.79 Å². The normalized spacial score (nSPS) is 11.2. The number of rotatable bonds is 26. The Morgan fingerprint density at radius 1 is 0.452 bits per heavy atom. The molecule has 0 radical (unpaired) electrons. The first-order chi connectivity index (χ1) is 15.3. The molecule has 0 spiro atoms. The second-order valence-electron chi connectivity index (χ2n) is 8.85. The Hall–Kier alpha value is -0.610. The maximum Gasteiger partial charge on any atom is 0.305 e. The zero-order valence-electron chi connectivity index (χ0n) is 21.1. The van der Waals surface area contributed by atoms with Gasteiger partial charge >= 0.3 is 5.97 Å². The van der Waals surface area contributed by atoms with Crippen molar-refractivity contribution in [2.24, 2.45) is 0 Å². The molecule has 4 nitrogen and oxygen atoms in total. The van der Waals surface area contributed by atoms with Crippen LogP contribution in [0.5, 0.6) is 0 Å². The molecule has 0 heterocycles. The van der Waals surface area contributed by atoms with Gasteiger partial charge in [0, 0.05) is 19.6 Å². The molecule has 0 amide bonds. The number of carbonyl (C=O) groups is 1. The van der Waals surface area contributed by atoms with Gasteiger partial charge in [0.05, 0.1) is 19.8 Å². The van der Waals surface area contributed by atoms with Crippen LogP contribution >= 0.6 is 0 Å². The number of hydrogen-bond acceptors (Lipinski definition) is 4. The standard InChI is InChI=1S/C27H54O4/c1-3-5-7-8-9-10-11-12-13-14-15-16-17-19-24-31-27(28)21-20-23-30-26-25-29-22-18-6-4-2/h3-26H2,1-2H3. The summed E-state index contributed by atoms with van der Waals surface area (Å²) in [5.74, 6) is -0.0888. The molecule has 0 saturated heterocycles. The smallest absolute Gasteiger partial charge is 0.305 e. The van der Waals surface area contributed by atoms with Gasteiger partial charge in [0.15, 0.2) is 0 Å². The van der Waals surface area contributed by atoms with E-state index < -0.39 is 0 Å². The molecule has 0 rings (SSSR count). The van der Waals surface area contributed by atoms with Gasteiger partial charge in [0.2, 0.25) is 0 Å². The lowest BCUT2D eigenvalue weighted by atomic mass is 10.0. The monoisotopic (exact) mass is 442 g/mol. The third-order valence-electron chi connectivity index (χ3n) is 5.69. The van der Waals surface area contributed by atoms with Gasteiger partial charge in [0.25, 0.3) is 0 Å². The number of unbranched alkanes of at least 4 members (excludes halogenated alkanes) is 15. The lowest BCUT2D eigenvalue weighted by molar-refractivity contribution is -0.144. The van der Waals surface area contributed by atoms with Crippen LogP contribution in [0.25, 0.3) is 0 Å². The maximum atomic E-state index is 11.7. The highest BCUT2D eigenvalue weighted by Crippen LogP contribution is 2.13. The van der Waals surface area contributed by atoms with Crippen molar-refractivity contribution in [2.75, 3.05) is 33.0 Å². The molecule has 0 fully saturated rings. The van der Waals surface area contributed by atoms with E-state index in [2.05, 4.69) is 13.8 Å². The van der Waals surface area contributed by atoms with E-state index in [9.17, 15) is 4.79 Å². The lowest BCUT2D eigenvalue weighted by Crippen LogP contribution is -2.09. The first-order valence-electron chi connectivity index (χ1n) is 13.6. The Morgan fingerprint density at radius 2 is 0.839 bits per heavy atom. The first kappa shape index (κ1) is 30.4. The molecular weight excluding hydrogens is 388 g/mol. The van der Waals surface area contributed by atoms with Crippen molar-refractivity contribution in [3.8, 4) is 0 Å². The molecule has 0 aliphatic rings. The van der Waals surface area contributed by atoms with E-state index in [4.69, 9.17) is 14.2 Å². The third-order valence-corrected chi connectivity index (χ3v) is 5.69. The minimum Gasteiger partial charge on any atom is -0.466 e. The average molecular weight is 443 g/mol. The van der Waals surface area contributed by atoms with Gasteiger partial charge in [-0.05, 0) is 19.3 Å². The summed E-state index contributed by atoms with van der Waals surface area (Å²) < 4.78 is 16.3. The number of esters is 1. The van der Waals surface area contributed by atoms with Crippen LogP contribution in [0.2, 0.25) is 0 Å². The molecule has 186 valence electrons. The van der Waals surface area contributed by atoms with Gasteiger partial charge in [-0.15, -0.1) is 0 Å². The van der Waals surface area contributed by atoms with Crippen LogP contribution < -0.4 is 0 Å². The first-order valence-corrected chi connectivity index (χ1v) is 13.6. The highest BCUT2D eigenvalue weighted by Gasteiger charge is 2.02. The predicted octanol–water partition coefficient (Wildman–Crippen LogP) is 8.01. The van der Waals surface area contributed by atoms with Gasteiger partial charge in [-0.1, -0.05) is 110 Å². The summed E-state index contributed by atoms with van der Waals surface area (Å²) in [5.41, 5.74) is 0. The van der Waals surface area contributed by atoms with E-state index in [1.165, 1.54) is 96.3 Å². The van der Waals surface area contributed by atoms with Crippen LogP contribution in [0.1, 0.15) is 136 Å². The average Bonchev–Trinajstić information content (AvgIpc) is 2.77. The molecule has 31 heavy (non-hydrogen) atoms. The quantitative estimate of drug-likeness (QED) is 0.100. The summed E-state index contributed by atoms with van der Waals surface area (Å²) in [6.45, 7) is 7.72. The Bertz CT molecular complexity index is 346. The molecule has 0 aromatic carbocycles. The maximum absolute atomic E-state index is 11.7. The molecule has 0 N–H and O–H groups in total. The third kappa shape index (κ3) is 27.4. The molecule has 4 heteroatoms. The number of carbonyl (C=O) groups excluding carboxylic acids is 1. The fourth-order valence-electron chi connectivity index (χ4n) is 3.65. The van der Waals surface area contributed by atoms with Crippen molar-refractivity contribution in [1.82, 2.24) is 0 Å². The Kier molecular flexibility index (Phi) is 26.9. The lowest BCUT2D eigenvalue weighted by Gasteiger charge is -2.07. The fraction of sp³-hybridized carbons (Fsp3) is 0.963. The predicted molar refractivity (Wildman–Crippen MR) is 132 cm³/mol. The van der Waals surface area contributed by atoms with E-state index >= 15 is 0 Å². The molecular formula is C27H54O4. The summed E-state index contributed by atoms with van der Waals surface area (Å²) in [5, 5.41) is 0. The second-order valence-corrected chi connectivity index (χ2v) is 8.85.